The Bertz CT molecular complexity index is 324. The van der Waals surface area contributed by atoms with Crippen molar-refractivity contribution >= 4 is 17.9 Å². The number of methoxy groups -OCH3 is 1. The summed E-state index contributed by atoms with van der Waals surface area (Å²) in [5, 5.41) is 2.67. The predicted octanol–water partition coefficient (Wildman–Crippen LogP) is 0.0591. The molecule has 18 heavy (non-hydrogen) atoms. The first-order valence-corrected chi connectivity index (χ1v) is 5.89. The SMILES string of the molecule is COC(=O)N1CCN(C(=O)NCCC(C)=O)CC1. The number of carbonyl (C=O) groups is 3. The van der Waals surface area contributed by atoms with E-state index in [2.05, 4.69) is 10.1 Å². The minimum absolute atomic E-state index is 0.0470. The number of Topliss-reactive ketones (excluding diaryl/α,β-unsaturated/α-hetero) is 1. The van der Waals surface area contributed by atoms with E-state index < -0.39 is 0 Å². The Kier molecular flexibility index (Phi) is 5.41. The van der Waals surface area contributed by atoms with Crippen molar-refractivity contribution in [2.45, 2.75) is 13.3 Å². The molecule has 1 N–H and O–H groups in total. The molecule has 0 saturated carbocycles. The van der Waals surface area contributed by atoms with E-state index in [4.69, 9.17) is 0 Å². The van der Waals surface area contributed by atoms with Crippen molar-refractivity contribution in [2.75, 3.05) is 39.8 Å². The van der Waals surface area contributed by atoms with Gasteiger partial charge in [-0.05, 0) is 6.92 Å². The Balaban J connectivity index is 2.27. The summed E-state index contributed by atoms with van der Waals surface area (Å²) in [5.74, 6) is 0.0470. The number of carbonyl (C=O) groups excluding carboxylic acids is 3. The number of ether oxygens (including phenoxy) is 1. The van der Waals surface area contributed by atoms with Gasteiger partial charge < -0.3 is 19.9 Å². The maximum Gasteiger partial charge on any atom is 0.409 e. The van der Waals surface area contributed by atoms with Gasteiger partial charge in [0.15, 0.2) is 0 Å². The topological polar surface area (TPSA) is 79.0 Å². The van der Waals surface area contributed by atoms with Crippen LogP contribution >= 0.6 is 0 Å². The third kappa shape index (κ3) is 4.23. The molecule has 0 unspecified atom stereocenters. The second kappa shape index (κ2) is 6.83. The average molecular weight is 257 g/mol. The van der Waals surface area contributed by atoms with Crippen LogP contribution in [-0.2, 0) is 9.53 Å². The zero-order valence-electron chi connectivity index (χ0n) is 10.8. The van der Waals surface area contributed by atoms with Crippen LogP contribution in [0.4, 0.5) is 9.59 Å². The molecule has 1 aliphatic rings. The number of nitrogens with one attached hydrogen (secondary N) is 1. The quantitative estimate of drug-likeness (QED) is 0.775. The maximum absolute atomic E-state index is 11.7. The molecule has 0 radical (unpaired) electrons. The molecular formula is C11H19N3O4. The molecule has 1 saturated heterocycles. The Morgan fingerprint density at radius 3 is 2.17 bits per heavy atom. The van der Waals surface area contributed by atoms with Crippen molar-refractivity contribution in [2.24, 2.45) is 0 Å². The average Bonchev–Trinajstić information content (AvgIpc) is 2.37. The molecule has 3 amide bonds. The van der Waals surface area contributed by atoms with Crippen molar-refractivity contribution < 1.29 is 19.1 Å². The highest BCUT2D eigenvalue weighted by Crippen LogP contribution is 2.03. The number of piperazine rings is 1. The summed E-state index contributed by atoms with van der Waals surface area (Å²) in [6, 6.07) is -0.194. The van der Waals surface area contributed by atoms with Crippen molar-refractivity contribution in [3.8, 4) is 0 Å². The Morgan fingerprint density at radius 2 is 1.67 bits per heavy atom. The van der Waals surface area contributed by atoms with Crippen molar-refractivity contribution in [1.82, 2.24) is 15.1 Å². The van der Waals surface area contributed by atoms with Crippen molar-refractivity contribution in [3.63, 3.8) is 0 Å². The van der Waals surface area contributed by atoms with Gasteiger partial charge in [0.25, 0.3) is 0 Å². The van der Waals surface area contributed by atoms with Gasteiger partial charge in [-0.1, -0.05) is 0 Å². The Morgan fingerprint density at radius 1 is 1.11 bits per heavy atom. The Labute approximate surface area is 106 Å². The molecule has 1 fully saturated rings. The van der Waals surface area contributed by atoms with E-state index in [0.29, 0.717) is 39.1 Å². The van der Waals surface area contributed by atoms with Gasteiger partial charge in [0.05, 0.1) is 7.11 Å². The van der Waals surface area contributed by atoms with Crippen LogP contribution in [0.25, 0.3) is 0 Å². The van der Waals surface area contributed by atoms with Crippen LogP contribution in [0, 0.1) is 0 Å². The standard InChI is InChI=1S/C11H19N3O4/c1-9(15)3-4-12-10(16)13-5-7-14(8-6-13)11(17)18-2/h3-8H2,1-2H3,(H,12,16). The van der Waals surface area contributed by atoms with Crippen LogP contribution in [-0.4, -0.2) is 67.5 Å². The molecule has 102 valence electrons. The molecule has 0 aliphatic carbocycles. The van der Waals surface area contributed by atoms with E-state index >= 15 is 0 Å². The molecule has 1 rings (SSSR count). The highest BCUT2D eigenvalue weighted by Gasteiger charge is 2.24. The molecule has 0 aromatic rings. The first-order valence-electron chi connectivity index (χ1n) is 5.89. The minimum Gasteiger partial charge on any atom is -0.453 e. The number of amides is 3. The summed E-state index contributed by atoms with van der Waals surface area (Å²) in [7, 11) is 1.34. The number of hydrogen-bond acceptors (Lipinski definition) is 4. The van der Waals surface area contributed by atoms with Crippen LogP contribution < -0.4 is 5.32 Å². The van der Waals surface area contributed by atoms with Gasteiger partial charge in [-0.15, -0.1) is 0 Å². The summed E-state index contributed by atoms with van der Waals surface area (Å²) in [6.07, 6.45) is -0.0277. The zero-order valence-corrected chi connectivity index (χ0v) is 10.8. The van der Waals surface area contributed by atoms with Crippen molar-refractivity contribution in [1.29, 1.82) is 0 Å². The zero-order chi connectivity index (χ0) is 13.5. The van der Waals surface area contributed by atoms with Crippen molar-refractivity contribution in [3.05, 3.63) is 0 Å². The van der Waals surface area contributed by atoms with E-state index in [1.807, 2.05) is 0 Å². The van der Waals surface area contributed by atoms with Gasteiger partial charge in [-0.2, -0.15) is 0 Å². The molecule has 7 heteroatoms. The molecular weight excluding hydrogens is 238 g/mol. The molecule has 1 heterocycles. The van der Waals surface area contributed by atoms with Gasteiger partial charge in [0.1, 0.15) is 5.78 Å². The lowest BCUT2D eigenvalue weighted by molar-refractivity contribution is -0.116. The normalized spacial score (nSPS) is 15.2. The summed E-state index contributed by atoms with van der Waals surface area (Å²) in [4.78, 5) is 36.8. The minimum atomic E-state index is -0.369. The number of ketones is 1. The van der Waals surface area contributed by atoms with E-state index in [0.717, 1.165) is 0 Å². The summed E-state index contributed by atoms with van der Waals surface area (Å²) >= 11 is 0. The van der Waals surface area contributed by atoms with Gasteiger partial charge in [0.2, 0.25) is 0 Å². The van der Waals surface area contributed by atoms with Gasteiger partial charge in [-0.3, -0.25) is 4.79 Å². The smallest absolute Gasteiger partial charge is 0.409 e. The lowest BCUT2D eigenvalue weighted by Crippen LogP contribution is -2.53. The number of hydrogen-bond donors (Lipinski definition) is 1. The van der Waals surface area contributed by atoms with Crippen LogP contribution in [0.2, 0.25) is 0 Å². The number of urea groups is 1. The largest absolute Gasteiger partial charge is 0.453 e. The van der Waals surface area contributed by atoms with Crippen LogP contribution in [0.5, 0.6) is 0 Å². The van der Waals surface area contributed by atoms with E-state index in [1.54, 1.807) is 9.80 Å². The van der Waals surface area contributed by atoms with Gasteiger partial charge in [0, 0.05) is 39.1 Å². The van der Waals surface area contributed by atoms with E-state index in [-0.39, 0.29) is 17.9 Å². The lowest BCUT2D eigenvalue weighted by atomic mass is 10.3. The number of nitrogens with zero attached hydrogens (tertiary/aromatic N) is 2. The molecule has 7 nitrogen and oxygen atoms in total. The Hall–Kier alpha value is -1.79. The highest BCUT2D eigenvalue weighted by molar-refractivity contribution is 5.78. The third-order valence-corrected chi connectivity index (χ3v) is 2.75. The van der Waals surface area contributed by atoms with E-state index in [1.165, 1.54) is 14.0 Å². The molecule has 0 aromatic carbocycles. The fourth-order valence-corrected chi connectivity index (χ4v) is 1.68. The molecule has 0 aromatic heterocycles. The molecule has 0 atom stereocenters. The third-order valence-electron chi connectivity index (χ3n) is 2.75. The first-order chi connectivity index (χ1) is 8.54. The van der Waals surface area contributed by atoms with Gasteiger partial charge in [-0.25, -0.2) is 9.59 Å². The first kappa shape index (κ1) is 14.3. The predicted molar refractivity (Wildman–Crippen MR) is 64.2 cm³/mol. The van der Waals surface area contributed by atoms with Crippen LogP contribution in [0.1, 0.15) is 13.3 Å². The summed E-state index contributed by atoms with van der Waals surface area (Å²) in [6.45, 7) is 3.72. The van der Waals surface area contributed by atoms with Gasteiger partial charge >= 0.3 is 12.1 Å². The van der Waals surface area contributed by atoms with Crippen LogP contribution in [0.15, 0.2) is 0 Å². The fraction of sp³-hybridized carbons (Fsp3) is 0.727. The lowest BCUT2D eigenvalue weighted by Gasteiger charge is -2.33. The number of rotatable bonds is 3. The molecule has 0 bridgehead atoms. The molecule has 0 spiro atoms. The van der Waals surface area contributed by atoms with Crippen LogP contribution in [0.3, 0.4) is 0 Å². The molecule has 1 aliphatic heterocycles. The second-order valence-corrected chi connectivity index (χ2v) is 4.13. The summed E-state index contributed by atoms with van der Waals surface area (Å²) in [5.41, 5.74) is 0. The summed E-state index contributed by atoms with van der Waals surface area (Å²) < 4.78 is 4.61. The van der Waals surface area contributed by atoms with E-state index in [9.17, 15) is 14.4 Å². The monoisotopic (exact) mass is 257 g/mol. The highest BCUT2D eigenvalue weighted by atomic mass is 16.5. The maximum atomic E-state index is 11.7. The second-order valence-electron chi connectivity index (χ2n) is 4.13. The fourth-order valence-electron chi connectivity index (χ4n) is 1.68.